The summed E-state index contributed by atoms with van der Waals surface area (Å²) in [6.07, 6.45) is 45.6. The predicted molar refractivity (Wildman–Crippen MR) is 422 cm³/mol. The average molecular weight is 1460 g/mol. The van der Waals surface area contributed by atoms with E-state index < -0.39 is 5.92 Å². The molecule has 0 spiro atoms. The van der Waals surface area contributed by atoms with E-state index in [4.69, 9.17) is 33.9 Å². The average Bonchev–Trinajstić information content (AvgIpc) is 1.71. The summed E-state index contributed by atoms with van der Waals surface area (Å²) in [5.74, 6) is 4.48. The van der Waals surface area contributed by atoms with Crippen molar-refractivity contribution >= 4 is 53.0 Å². The third-order valence-electron chi connectivity index (χ3n) is 18.2. The first-order valence-electron chi connectivity index (χ1n) is 41.4. The quantitative estimate of drug-likeness (QED) is 0.0327. The number of allylic oxidation sites excluding steroid dienone is 2. The third-order valence-corrected chi connectivity index (χ3v) is 18.2. The molecule has 4 unspecified atom stereocenters. The van der Waals surface area contributed by atoms with Gasteiger partial charge in [-0.15, -0.1) is 0 Å². The lowest BCUT2D eigenvalue weighted by Gasteiger charge is -2.16. The number of unbranched alkanes of at least 4 members (excludes halogenated alkanes) is 24. The molecule has 0 aromatic rings. The molecule has 2 heterocycles. The number of aliphatic hydroxyl groups excluding tert-OH is 2. The first-order valence-corrected chi connectivity index (χ1v) is 41.4. The van der Waals surface area contributed by atoms with E-state index in [1.165, 1.54) is 89.9 Å². The van der Waals surface area contributed by atoms with Gasteiger partial charge in [0.05, 0.1) is 44.0 Å². The third kappa shape index (κ3) is 81.4. The van der Waals surface area contributed by atoms with Crippen molar-refractivity contribution in [1.29, 1.82) is 0 Å². The highest BCUT2D eigenvalue weighted by Gasteiger charge is 2.30. The lowest BCUT2D eigenvalue weighted by Crippen LogP contribution is -2.23. The van der Waals surface area contributed by atoms with Gasteiger partial charge < -0.3 is 53.1 Å². The lowest BCUT2D eigenvalue weighted by atomic mass is 9.95. The predicted octanol–water partition coefficient (Wildman–Crippen LogP) is 22.3. The maximum atomic E-state index is 12.4. The summed E-state index contributed by atoms with van der Waals surface area (Å²) in [6, 6.07) is 0. The van der Waals surface area contributed by atoms with Crippen LogP contribution in [0.1, 0.15) is 393 Å². The molecule has 2 N–H and O–H groups in total. The molecule has 0 amide bonds. The number of hydrogen-bond acceptors (Lipinski definition) is 16. The van der Waals surface area contributed by atoms with Gasteiger partial charge in [0.25, 0.3) is 0 Å². The second-order valence-electron chi connectivity index (χ2n) is 31.6. The first-order chi connectivity index (χ1) is 48.9. The Bertz CT molecular complexity index is 2070. The molecule has 4 atom stereocenters. The Morgan fingerprint density at radius 1 is 0.388 bits per heavy atom. The van der Waals surface area contributed by atoms with Gasteiger partial charge in [0.2, 0.25) is 0 Å². The van der Waals surface area contributed by atoms with Crippen LogP contribution in [0.15, 0.2) is 24.7 Å². The fraction of sp³-hybridized carbons (Fsp3) is 0.851. The summed E-state index contributed by atoms with van der Waals surface area (Å²) in [7, 11) is 0. The molecule has 0 saturated carbocycles. The van der Waals surface area contributed by atoms with Crippen molar-refractivity contribution < 1.29 is 77.0 Å². The fourth-order valence-corrected chi connectivity index (χ4v) is 11.3. The smallest absolute Gasteiger partial charge is 0.314 e. The van der Waals surface area contributed by atoms with Crippen LogP contribution in [0.5, 0.6) is 0 Å². The second-order valence-corrected chi connectivity index (χ2v) is 31.6. The molecule has 0 aromatic heterocycles. The highest BCUT2D eigenvalue weighted by atomic mass is 16.6. The molecule has 2 fully saturated rings. The Morgan fingerprint density at radius 3 is 0.971 bits per heavy atom. The number of aliphatic hydroxyl groups is 2. The summed E-state index contributed by atoms with van der Waals surface area (Å²) >= 11 is 0. The van der Waals surface area contributed by atoms with Gasteiger partial charge in [-0.3, -0.25) is 24.0 Å². The normalized spacial score (nSPS) is 14.4. The molecule has 16 heteroatoms. The number of rotatable bonds is 58. The molecular weight excluding hydrogens is 1300 g/mol. The van der Waals surface area contributed by atoms with Gasteiger partial charge in [-0.05, 0) is 140 Å². The van der Waals surface area contributed by atoms with Crippen LogP contribution in [0.3, 0.4) is 0 Å². The van der Waals surface area contributed by atoms with Crippen molar-refractivity contribution in [2.24, 2.45) is 53.3 Å². The number of esters is 5. The maximum Gasteiger partial charge on any atom is 0.314 e. The number of carbonyl (C=O) groups is 9. The Kier molecular flexibility index (Phi) is 75.6. The minimum absolute atomic E-state index is 0.0204. The van der Waals surface area contributed by atoms with E-state index >= 15 is 0 Å². The standard InChI is InChI=1S/C24H44O5.C21H40O3.2C16H26O3.2C5H12O/c1-19(2)15-16-28-24(27)22(17-23(26)29-18-20(3)4)14-12-10-8-6-7-9-11-13-21(5)25;1-5-20(17-21(23)24-16-15-18(2)3)14-12-10-8-6-7-9-11-13-19(4)22;2*1-13(17)10-8-6-4-3-5-7-9-11-15-12-14(2)19-16(15)18;2*1-5(2)3-4-6/h19-20,22H,6-18H2,1-5H3;18,20H,5-17H2,1-4H3;2*15H,2-12H2,1H3;2*5-6H,3-4H2,1-2H3. The van der Waals surface area contributed by atoms with Crippen LogP contribution < -0.4 is 0 Å². The fourth-order valence-electron chi connectivity index (χ4n) is 11.3. The lowest BCUT2D eigenvalue weighted by molar-refractivity contribution is -0.156. The Hall–Kier alpha value is -4.57. The SMILES string of the molecule is C=C1CC(CCCCCCCCCC(C)=O)C(=O)O1.C=C1CC(CCCCCCCCCC(C)=O)C(=O)O1.CC(=O)CCCCCCCCCC(CC(=O)OCC(C)C)C(=O)OCCC(C)C.CC(C)CCO.CC(C)CCO.CCC(CCCCCCCCCC(C)=O)CC(=O)OCCC(C)C. The van der Waals surface area contributed by atoms with Gasteiger partial charge in [0, 0.05) is 58.2 Å². The zero-order chi connectivity index (χ0) is 78.4. The summed E-state index contributed by atoms with van der Waals surface area (Å²) in [5.41, 5.74) is 0. The number of ketones is 4. The second kappa shape index (κ2) is 74.3. The van der Waals surface area contributed by atoms with Crippen LogP contribution in [0.2, 0.25) is 0 Å². The van der Waals surface area contributed by atoms with Crippen LogP contribution in [-0.4, -0.2) is 96.2 Å². The topological polar surface area (TPSA) is 240 Å². The van der Waals surface area contributed by atoms with Gasteiger partial charge in [0.15, 0.2) is 0 Å². The molecule has 0 aromatic carbocycles. The molecule has 0 bridgehead atoms. The van der Waals surface area contributed by atoms with Gasteiger partial charge in [-0.2, -0.15) is 0 Å². The van der Waals surface area contributed by atoms with Crippen molar-refractivity contribution in [2.45, 2.75) is 393 Å². The Morgan fingerprint density at radius 2 is 0.689 bits per heavy atom. The minimum Gasteiger partial charge on any atom is -0.466 e. The Labute approximate surface area is 630 Å². The van der Waals surface area contributed by atoms with E-state index in [2.05, 4.69) is 75.5 Å². The van der Waals surface area contributed by atoms with E-state index in [-0.39, 0.29) is 59.8 Å². The first kappa shape index (κ1) is 105. The van der Waals surface area contributed by atoms with Gasteiger partial charge in [-0.1, -0.05) is 250 Å². The van der Waals surface area contributed by atoms with E-state index in [9.17, 15) is 43.2 Å². The molecule has 2 saturated heterocycles. The minimum atomic E-state index is -0.405. The monoisotopic (exact) mass is 1460 g/mol. The molecule has 2 aliphatic heterocycles. The molecular formula is C87H160O16. The number of hydrogen-bond donors (Lipinski definition) is 2. The number of cyclic esters (lactones) is 2. The van der Waals surface area contributed by atoms with E-state index in [1.807, 2.05) is 13.8 Å². The molecule has 2 aliphatic rings. The number of carbonyl (C=O) groups excluding carboxylic acids is 9. The van der Waals surface area contributed by atoms with Crippen molar-refractivity contribution in [3.63, 3.8) is 0 Å². The zero-order valence-corrected chi connectivity index (χ0v) is 69.1. The molecule has 0 aliphatic carbocycles. The van der Waals surface area contributed by atoms with E-state index in [0.29, 0.717) is 124 Å². The van der Waals surface area contributed by atoms with Crippen LogP contribution in [0.25, 0.3) is 0 Å². The summed E-state index contributed by atoms with van der Waals surface area (Å²) in [5, 5.41) is 16.5. The van der Waals surface area contributed by atoms with Gasteiger partial charge in [0.1, 0.15) is 34.7 Å². The van der Waals surface area contributed by atoms with Crippen molar-refractivity contribution in [3.05, 3.63) is 24.7 Å². The summed E-state index contributed by atoms with van der Waals surface area (Å²) < 4.78 is 25.9. The van der Waals surface area contributed by atoms with Gasteiger partial charge in [-0.25, -0.2) is 0 Å². The molecule has 103 heavy (non-hydrogen) atoms. The van der Waals surface area contributed by atoms with Crippen LogP contribution >= 0.6 is 0 Å². The largest absolute Gasteiger partial charge is 0.466 e. The number of ether oxygens (including phenoxy) is 5. The van der Waals surface area contributed by atoms with E-state index in [1.54, 1.807) is 27.7 Å². The molecule has 0 radical (unpaired) electrons. The summed E-state index contributed by atoms with van der Waals surface area (Å²) in [4.78, 5) is 102. The highest BCUT2D eigenvalue weighted by Crippen LogP contribution is 2.29. The molecule has 2 rings (SSSR count). The molecule has 16 nitrogen and oxygen atoms in total. The van der Waals surface area contributed by atoms with Crippen molar-refractivity contribution in [1.82, 2.24) is 0 Å². The molecule has 604 valence electrons. The van der Waals surface area contributed by atoms with E-state index in [0.717, 1.165) is 161 Å². The number of Topliss-reactive ketones (excluding diaryl/α,β-unsaturated/α-hetero) is 4. The van der Waals surface area contributed by atoms with Crippen molar-refractivity contribution in [2.75, 3.05) is 33.0 Å². The van der Waals surface area contributed by atoms with Gasteiger partial charge >= 0.3 is 29.8 Å². The summed E-state index contributed by atoms with van der Waals surface area (Å²) in [6.45, 7) is 39.0. The van der Waals surface area contributed by atoms with Crippen LogP contribution in [0.4, 0.5) is 0 Å². The van der Waals surface area contributed by atoms with Crippen LogP contribution in [-0.2, 0) is 66.8 Å². The highest BCUT2D eigenvalue weighted by molar-refractivity contribution is 5.80. The zero-order valence-electron chi connectivity index (χ0n) is 69.1. The van der Waals surface area contributed by atoms with Crippen molar-refractivity contribution in [3.8, 4) is 0 Å². The Balaban J connectivity index is -0.000000606. The maximum absolute atomic E-state index is 12.4. The van der Waals surface area contributed by atoms with Crippen LogP contribution in [0, 0.1) is 53.3 Å².